The minimum absolute atomic E-state index is 0.0233. The number of nitrogens with two attached hydrogens (primary N) is 4. The molecule has 0 aliphatic carbocycles. The zero-order valence-corrected chi connectivity index (χ0v) is 20.3. The molecule has 34 heavy (non-hydrogen) atoms. The predicted molar refractivity (Wildman–Crippen MR) is 139 cm³/mol. The Labute approximate surface area is 201 Å². The topological polar surface area (TPSA) is 164 Å². The molecule has 0 spiro atoms. The number of nitrogens with zero attached hydrogens (tertiary/aromatic N) is 6. The molecule has 4 rings (SSSR count). The molecule has 0 radical (unpaired) electrons. The summed E-state index contributed by atoms with van der Waals surface area (Å²) in [6, 6.07) is 8.18. The SMILES string of the molecule is CCN(CC)c1ccc(Nc2nc(N3C[C@H](N)C[C@H](N)C3)nc(N3C[C@H](N)C[C@H](N)C3)n2)cc1. The standard InChI is InChI=1S/C23H39N11/c1-3-32(4-2)20-7-5-19(6-8-20)28-21-29-22(33-11-15(24)9-16(25)12-33)31-23(30-21)34-13-17(26)10-18(27)14-34/h5-8,15-18H,3-4,9-14,24-27H2,1-2H3,(H,28,29,30,31)/t15-,16+,17-,18+. The Balaban J connectivity index is 1.63. The first-order valence-electron chi connectivity index (χ1n) is 12.2. The average molecular weight is 470 g/mol. The summed E-state index contributed by atoms with van der Waals surface area (Å²) in [5, 5.41) is 3.35. The summed E-state index contributed by atoms with van der Waals surface area (Å²) in [6.07, 6.45) is 1.57. The van der Waals surface area contributed by atoms with Gasteiger partial charge in [-0.1, -0.05) is 0 Å². The first-order chi connectivity index (χ1) is 16.3. The van der Waals surface area contributed by atoms with Crippen molar-refractivity contribution in [1.82, 2.24) is 15.0 Å². The maximum Gasteiger partial charge on any atom is 0.233 e. The quantitative estimate of drug-likeness (QED) is 0.376. The molecule has 2 aliphatic rings. The maximum absolute atomic E-state index is 6.24. The smallest absolute Gasteiger partial charge is 0.233 e. The van der Waals surface area contributed by atoms with E-state index in [9.17, 15) is 0 Å². The Kier molecular flexibility index (Phi) is 7.67. The van der Waals surface area contributed by atoms with Crippen LogP contribution in [0.4, 0.5) is 29.2 Å². The van der Waals surface area contributed by atoms with Gasteiger partial charge in [0, 0.05) is 74.8 Å². The van der Waals surface area contributed by atoms with Crippen molar-refractivity contribution in [2.24, 2.45) is 22.9 Å². The second-order valence-electron chi connectivity index (χ2n) is 9.42. The Morgan fingerprint density at radius 1 is 0.765 bits per heavy atom. The monoisotopic (exact) mass is 469 g/mol. The third kappa shape index (κ3) is 5.84. The largest absolute Gasteiger partial charge is 0.372 e. The van der Waals surface area contributed by atoms with Crippen molar-refractivity contribution in [3.8, 4) is 0 Å². The fourth-order valence-electron chi connectivity index (χ4n) is 4.85. The molecule has 0 amide bonds. The van der Waals surface area contributed by atoms with Crippen LogP contribution in [-0.4, -0.2) is 78.4 Å². The van der Waals surface area contributed by atoms with Gasteiger partial charge in [-0.2, -0.15) is 15.0 Å². The van der Waals surface area contributed by atoms with E-state index in [4.69, 9.17) is 37.9 Å². The summed E-state index contributed by atoms with van der Waals surface area (Å²) >= 11 is 0. The second-order valence-corrected chi connectivity index (χ2v) is 9.42. The van der Waals surface area contributed by atoms with Gasteiger partial charge in [-0.3, -0.25) is 0 Å². The molecule has 9 N–H and O–H groups in total. The lowest BCUT2D eigenvalue weighted by atomic mass is 10.0. The van der Waals surface area contributed by atoms with Gasteiger partial charge in [0.05, 0.1) is 0 Å². The average Bonchev–Trinajstić information content (AvgIpc) is 2.79. The number of hydrogen-bond donors (Lipinski definition) is 5. The van der Waals surface area contributed by atoms with Crippen LogP contribution in [0.5, 0.6) is 0 Å². The van der Waals surface area contributed by atoms with Crippen LogP contribution in [0.25, 0.3) is 0 Å². The zero-order chi connectivity index (χ0) is 24.2. The van der Waals surface area contributed by atoms with Crippen LogP contribution in [-0.2, 0) is 0 Å². The van der Waals surface area contributed by atoms with Crippen molar-refractivity contribution in [3.05, 3.63) is 24.3 Å². The highest BCUT2D eigenvalue weighted by molar-refractivity contribution is 5.61. The molecule has 0 bridgehead atoms. The van der Waals surface area contributed by atoms with Gasteiger partial charge in [-0.25, -0.2) is 0 Å². The van der Waals surface area contributed by atoms with E-state index in [1.807, 2.05) is 21.9 Å². The Hall–Kier alpha value is -2.73. The van der Waals surface area contributed by atoms with Crippen LogP contribution < -0.4 is 43.0 Å². The molecule has 4 atom stereocenters. The van der Waals surface area contributed by atoms with Crippen LogP contribution in [0, 0.1) is 0 Å². The van der Waals surface area contributed by atoms with Gasteiger partial charge in [0.2, 0.25) is 17.8 Å². The van der Waals surface area contributed by atoms with Crippen LogP contribution in [0.3, 0.4) is 0 Å². The second kappa shape index (κ2) is 10.7. The van der Waals surface area contributed by atoms with E-state index >= 15 is 0 Å². The molecule has 0 saturated carbocycles. The van der Waals surface area contributed by atoms with E-state index in [1.54, 1.807) is 0 Å². The van der Waals surface area contributed by atoms with Gasteiger partial charge >= 0.3 is 0 Å². The van der Waals surface area contributed by atoms with Gasteiger partial charge in [0.25, 0.3) is 0 Å². The number of aromatic nitrogens is 3. The Morgan fingerprint density at radius 2 is 1.21 bits per heavy atom. The summed E-state index contributed by atoms with van der Waals surface area (Å²) in [5.74, 6) is 1.59. The summed E-state index contributed by atoms with van der Waals surface area (Å²) in [6.45, 7) is 8.82. The third-order valence-corrected chi connectivity index (χ3v) is 6.46. The molecular weight excluding hydrogens is 430 g/mol. The van der Waals surface area contributed by atoms with E-state index in [0.29, 0.717) is 44.0 Å². The van der Waals surface area contributed by atoms with E-state index in [0.717, 1.165) is 31.6 Å². The molecule has 2 aliphatic heterocycles. The first kappa shape index (κ1) is 24.4. The molecule has 1 aromatic carbocycles. The van der Waals surface area contributed by atoms with Gasteiger partial charge in [0.1, 0.15) is 0 Å². The van der Waals surface area contributed by atoms with E-state index in [2.05, 4.69) is 36.2 Å². The van der Waals surface area contributed by atoms with Gasteiger partial charge in [-0.15, -0.1) is 0 Å². The normalized spacial score (nSPS) is 25.4. The lowest BCUT2D eigenvalue weighted by Crippen LogP contribution is -2.54. The molecule has 1 aromatic heterocycles. The van der Waals surface area contributed by atoms with Crippen LogP contribution in [0.1, 0.15) is 26.7 Å². The van der Waals surface area contributed by atoms with Crippen molar-refractivity contribution in [3.63, 3.8) is 0 Å². The van der Waals surface area contributed by atoms with Crippen LogP contribution in [0.2, 0.25) is 0 Å². The molecule has 2 fully saturated rings. The molecule has 2 aromatic rings. The number of rotatable bonds is 7. The van der Waals surface area contributed by atoms with Crippen LogP contribution in [0.15, 0.2) is 24.3 Å². The lowest BCUT2D eigenvalue weighted by Gasteiger charge is -2.37. The Bertz CT molecular complexity index is 869. The predicted octanol–water partition coefficient (Wildman–Crippen LogP) is 0.191. The van der Waals surface area contributed by atoms with Crippen LogP contribution >= 0.6 is 0 Å². The number of piperidine rings is 2. The minimum atomic E-state index is -0.0233. The van der Waals surface area contributed by atoms with Crippen molar-refractivity contribution in [1.29, 1.82) is 0 Å². The molecule has 186 valence electrons. The van der Waals surface area contributed by atoms with Crippen molar-refractivity contribution in [2.75, 3.05) is 59.3 Å². The highest BCUT2D eigenvalue weighted by Crippen LogP contribution is 2.25. The van der Waals surface area contributed by atoms with E-state index < -0.39 is 0 Å². The van der Waals surface area contributed by atoms with Gasteiger partial charge in [-0.05, 0) is 51.0 Å². The highest BCUT2D eigenvalue weighted by Gasteiger charge is 2.28. The molecule has 2 saturated heterocycles. The van der Waals surface area contributed by atoms with E-state index in [1.165, 1.54) is 5.69 Å². The van der Waals surface area contributed by atoms with Crippen molar-refractivity contribution >= 4 is 29.2 Å². The number of hydrogen-bond acceptors (Lipinski definition) is 11. The molecule has 3 heterocycles. The number of benzene rings is 1. The van der Waals surface area contributed by atoms with Crippen molar-refractivity contribution in [2.45, 2.75) is 50.9 Å². The highest BCUT2D eigenvalue weighted by atomic mass is 15.4. The Morgan fingerprint density at radius 3 is 1.62 bits per heavy atom. The first-order valence-corrected chi connectivity index (χ1v) is 12.2. The number of nitrogens with one attached hydrogen (secondary N) is 1. The fraction of sp³-hybridized carbons (Fsp3) is 0.609. The third-order valence-electron chi connectivity index (χ3n) is 6.46. The molecule has 11 nitrogen and oxygen atoms in total. The lowest BCUT2D eigenvalue weighted by molar-refractivity contribution is 0.441. The molecule has 11 heteroatoms. The minimum Gasteiger partial charge on any atom is -0.372 e. The van der Waals surface area contributed by atoms with Gasteiger partial charge in [0.15, 0.2) is 0 Å². The number of anilines is 5. The zero-order valence-electron chi connectivity index (χ0n) is 20.3. The summed E-state index contributed by atoms with van der Waals surface area (Å²) in [4.78, 5) is 20.6. The van der Waals surface area contributed by atoms with Gasteiger partial charge < -0.3 is 43.0 Å². The van der Waals surface area contributed by atoms with E-state index in [-0.39, 0.29) is 24.2 Å². The molecular formula is C23H39N11. The van der Waals surface area contributed by atoms with Crippen molar-refractivity contribution < 1.29 is 0 Å². The summed E-state index contributed by atoms with van der Waals surface area (Å²) in [5.41, 5.74) is 27.0. The summed E-state index contributed by atoms with van der Waals surface area (Å²) in [7, 11) is 0. The maximum atomic E-state index is 6.24. The fourth-order valence-corrected chi connectivity index (χ4v) is 4.85. The summed E-state index contributed by atoms with van der Waals surface area (Å²) < 4.78 is 0. The molecule has 0 unspecified atom stereocenters.